The van der Waals surface area contributed by atoms with Crippen LogP contribution in [0.4, 0.5) is 4.39 Å². The second-order valence-corrected chi connectivity index (χ2v) is 10.2. The summed E-state index contributed by atoms with van der Waals surface area (Å²) in [5.74, 6) is -0.444. The van der Waals surface area contributed by atoms with E-state index in [1.165, 1.54) is 6.07 Å². The summed E-state index contributed by atoms with van der Waals surface area (Å²) in [6.45, 7) is 6.60. The Morgan fingerprint density at radius 2 is 1.97 bits per heavy atom. The number of amides is 1. The molecule has 38 heavy (non-hydrogen) atoms. The Hall–Kier alpha value is -3.96. The highest BCUT2D eigenvalue weighted by atomic mass is 19.1. The maximum absolute atomic E-state index is 14.9. The van der Waals surface area contributed by atoms with Gasteiger partial charge in [-0.3, -0.25) is 9.59 Å². The molecule has 0 spiro atoms. The average molecular weight is 519 g/mol. The molecule has 2 unspecified atom stereocenters. The van der Waals surface area contributed by atoms with Crippen molar-refractivity contribution < 1.29 is 18.7 Å². The molecule has 0 bridgehead atoms. The number of benzene rings is 2. The number of aromatic nitrogens is 5. The third-order valence-corrected chi connectivity index (χ3v) is 7.04. The molecule has 2 aromatic carbocycles. The first-order chi connectivity index (χ1) is 18.2. The fourth-order valence-electron chi connectivity index (χ4n) is 5.27. The maximum Gasteiger partial charge on any atom is 0.272 e. The number of carbonyl (C=O) groups excluding carboxylic acids is 1. The minimum absolute atomic E-state index is 0.0223. The van der Waals surface area contributed by atoms with Crippen LogP contribution in [0.1, 0.15) is 66.2 Å². The lowest BCUT2D eigenvalue weighted by molar-refractivity contribution is -0.140. The third-order valence-electron chi connectivity index (χ3n) is 7.04. The molecule has 1 amide bonds. The zero-order valence-electron chi connectivity index (χ0n) is 21.3. The zero-order valence-corrected chi connectivity index (χ0v) is 21.3. The van der Waals surface area contributed by atoms with Crippen LogP contribution in [-0.2, 0) is 22.4 Å². The Labute approximate surface area is 217 Å². The predicted octanol–water partition coefficient (Wildman–Crippen LogP) is 3.29. The van der Waals surface area contributed by atoms with Gasteiger partial charge in [0.15, 0.2) is 17.4 Å². The molecule has 0 aliphatic carbocycles. The molecule has 196 valence electrons. The normalized spacial score (nSPS) is 20.6. The van der Waals surface area contributed by atoms with Crippen molar-refractivity contribution in [3.05, 3.63) is 87.1 Å². The van der Waals surface area contributed by atoms with Crippen LogP contribution < -0.4 is 5.56 Å². The number of nitrogens with zero attached hydrogens (tertiary/aromatic N) is 5. The quantitative estimate of drug-likeness (QED) is 0.441. The van der Waals surface area contributed by atoms with Gasteiger partial charge in [-0.2, -0.15) is 5.10 Å². The molecule has 0 radical (unpaired) electrons. The highest BCUT2D eigenvalue weighted by molar-refractivity contribution is 5.95. The van der Waals surface area contributed by atoms with Crippen molar-refractivity contribution in [2.75, 3.05) is 13.2 Å². The summed E-state index contributed by atoms with van der Waals surface area (Å²) in [7, 11) is 0. The second-order valence-electron chi connectivity index (χ2n) is 10.2. The first kappa shape index (κ1) is 24.4. The van der Waals surface area contributed by atoms with E-state index in [2.05, 4.69) is 20.4 Å². The Morgan fingerprint density at radius 3 is 2.74 bits per heavy atom. The molecule has 4 heterocycles. The monoisotopic (exact) mass is 518 g/mol. The van der Waals surface area contributed by atoms with Crippen molar-refractivity contribution in [1.82, 2.24) is 29.9 Å². The molecular weight excluding hydrogens is 491 g/mol. The molecular formula is C27H27FN6O4. The molecule has 2 aliphatic heterocycles. The maximum atomic E-state index is 14.9. The van der Waals surface area contributed by atoms with Crippen molar-refractivity contribution in [3.8, 4) is 0 Å². The molecule has 1 N–H and O–H groups in total. The van der Waals surface area contributed by atoms with Crippen LogP contribution in [-0.4, -0.2) is 54.7 Å². The van der Waals surface area contributed by atoms with Crippen LogP contribution in [0.15, 0.2) is 47.3 Å². The molecule has 1 saturated heterocycles. The van der Waals surface area contributed by atoms with E-state index in [1.807, 2.05) is 37.5 Å². The Balaban J connectivity index is 1.25. The number of ether oxygens (including phenoxy) is 2. The van der Waals surface area contributed by atoms with Gasteiger partial charge < -0.3 is 18.9 Å². The van der Waals surface area contributed by atoms with Crippen LogP contribution in [0.2, 0.25) is 0 Å². The number of nitrogens with one attached hydrogen (secondary N) is 1. The summed E-state index contributed by atoms with van der Waals surface area (Å²) in [4.78, 5) is 27.2. The summed E-state index contributed by atoms with van der Waals surface area (Å²) in [5.41, 5.74) is 1.05. The van der Waals surface area contributed by atoms with E-state index in [4.69, 9.17) is 9.47 Å². The molecule has 4 aromatic rings. The average Bonchev–Trinajstić information content (AvgIpc) is 3.49. The number of carbonyl (C=O) groups is 1. The molecule has 1 fully saturated rings. The van der Waals surface area contributed by atoms with Gasteiger partial charge in [-0.1, -0.05) is 24.3 Å². The fourth-order valence-corrected chi connectivity index (χ4v) is 5.27. The lowest BCUT2D eigenvalue weighted by Crippen LogP contribution is -2.41. The summed E-state index contributed by atoms with van der Waals surface area (Å²) >= 11 is 0. The van der Waals surface area contributed by atoms with Gasteiger partial charge in [-0.15, -0.1) is 10.2 Å². The van der Waals surface area contributed by atoms with E-state index in [-0.39, 0.29) is 29.8 Å². The molecule has 10 nitrogen and oxygen atoms in total. The summed E-state index contributed by atoms with van der Waals surface area (Å²) in [6.07, 6.45) is -0.0196. The summed E-state index contributed by atoms with van der Waals surface area (Å²) in [6, 6.07) is 11.5. The topological polar surface area (TPSA) is 115 Å². The predicted molar refractivity (Wildman–Crippen MR) is 135 cm³/mol. The zero-order chi connectivity index (χ0) is 26.6. The fraction of sp³-hybridized carbons (Fsp3) is 0.370. The van der Waals surface area contributed by atoms with E-state index in [0.717, 1.165) is 0 Å². The Bertz CT molecular complexity index is 1610. The lowest BCUT2D eigenvalue weighted by Gasteiger charge is -2.33. The standard InChI is InChI=1S/C27H27FN6O4/c1-15-12-33(13-23-30-31-24(34(15)23)22-14-37-27(2,3)38-22)26(36)19-10-16(8-9-20(19)28)11-21-17-6-4-5-7-18(17)25(35)32-29-21/h4-10,15,22H,11-14H2,1-3H3,(H,32,35). The highest BCUT2D eigenvalue weighted by Gasteiger charge is 2.39. The minimum atomic E-state index is -0.698. The van der Waals surface area contributed by atoms with Gasteiger partial charge in [0.1, 0.15) is 11.9 Å². The number of halogens is 1. The number of fused-ring (bicyclic) bond motifs is 2. The van der Waals surface area contributed by atoms with Crippen molar-refractivity contribution in [2.24, 2.45) is 0 Å². The smallest absolute Gasteiger partial charge is 0.272 e. The molecule has 11 heteroatoms. The molecule has 2 aromatic heterocycles. The number of hydrogen-bond acceptors (Lipinski definition) is 7. The van der Waals surface area contributed by atoms with E-state index in [0.29, 0.717) is 53.3 Å². The van der Waals surface area contributed by atoms with E-state index in [9.17, 15) is 14.0 Å². The van der Waals surface area contributed by atoms with Crippen LogP contribution in [0, 0.1) is 5.82 Å². The van der Waals surface area contributed by atoms with E-state index in [1.54, 1.807) is 29.2 Å². The van der Waals surface area contributed by atoms with Gasteiger partial charge in [0, 0.05) is 18.4 Å². The minimum Gasteiger partial charge on any atom is -0.347 e. The Morgan fingerprint density at radius 1 is 1.18 bits per heavy atom. The van der Waals surface area contributed by atoms with Crippen LogP contribution in [0.5, 0.6) is 0 Å². The molecule has 2 aliphatic rings. The lowest BCUT2D eigenvalue weighted by atomic mass is 10.0. The Kier molecular flexibility index (Phi) is 5.84. The number of hydrogen-bond donors (Lipinski definition) is 1. The first-order valence-electron chi connectivity index (χ1n) is 12.5. The van der Waals surface area contributed by atoms with Crippen LogP contribution in [0.25, 0.3) is 10.8 Å². The van der Waals surface area contributed by atoms with Crippen LogP contribution in [0.3, 0.4) is 0 Å². The van der Waals surface area contributed by atoms with Gasteiger partial charge in [0.25, 0.3) is 11.5 Å². The largest absolute Gasteiger partial charge is 0.347 e. The third kappa shape index (κ3) is 4.27. The van der Waals surface area contributed by atoms with Gasteiger partial charge in [0.05, 0.1) is 35.8 Å². The SMILES string of the molecule is CC1CN(C(=O)c2cc(Cc3n[nH]c(=O)c4ccccc34)ccc2F)Cc2nnc(C3COC(C)(C)O3)n21. The van der Waals surface area contributed by atoms with Crippen molar-refractivity contribution in [3.63, 3.8) is 0 Å². The second kappa shape index (κ2) is 9.10. The highest BCUT2D eigenvalue weighted by Crippen LogP contribution is 2.35. The molecule has 6 rings (SSSR count). The van der Waals surface area contributed by atoms with Gasteiger partial charge >= 0.3 is 0 Å². The molecule has 0 saturated carbocycles. The summed E-state index contributed by atoms with van der Waals surface area (Å²) in [5, 5.41) is 16.6. The van der Waals surface area contributed by atoms with Gasteiger partial charge in [-0.25, -0.2) is 9.49 Å². The van der Waals surface area contributed by atoms with E-state index >= 15 is 0 Å². The van der Waals surface area contributed by atoms with Gasteiger partial charge in [-0.05, 0) is 44.5 Å². The van der Waals surface area contributed by atoms with Crippen molar-refractivity contribution in [2.45, 2.75) is 51.7 Å². The number of rotatable bonds is 4. The van der Waals surface area contributed by atoms with Gasteiger partial charge in [0.2, 0.25) is 0 Å². The summed E-state index contributed by atoms with van der Waals surface area (Å²) < 4.78 is 28.6. The van der Waals surface area contributed by atoms with E-state index < -0.39 is 17.5 Å². The van der Waals surface area contributed by atoms with Crippen molar-refractivity contribution in [1.29, 1.82) is 0 Å². The number of H-pyrrole nitrogens is 1. The number of aromatic amines is 1. The first-order valence-corrected chi connectivity index (χ1v) is 12.5. The molecule has 2 atom stereocenters. The van der Waals surface area contributed by atoms with Crippen LogP contribution >= 0.6 is 0 Å². The van der Waals surface area contributed by atoms with Crippen molar-refractivity contribution >= 4 is 16.7 Å².